The molecule has 1 amide bonds. The third-order valence-electron chi connectivity index (χ3n) is 5.31. The summed E-state index contributed by atoms with van der Waals surface area (Å²) >= 11 is 1.29. The second-order valence-electron chi connectivity index (χ2n) is 7.27. The number of fused-ring (bicyclic) bond motifs is 3. The molecule has 1 aromatic heterocycles. The van der Waals surface area contributed by atoms with E-state index in [9.17, 15) is 13.2 Å². The third kappa shape index (κ3) is 4.18. The van der Waals surface area contributed by atoms with Crippen LogP contribution in [-0.2, 0) is 22.0 Å². The molecule has 0 spiro atoms. The lowest BCUT2D eigenvalue weighted by Gasteiger charge is -2.17. The molecular weight excluding hydrogens is 450 g/mol. The Bertz CT molecular complexity index is 1280. The highest BCUT2D eigenvalue weighted by Crippen LogP contribution is 2.44. The van der Waals surface area contributed by atoms with Gasteiger partial charge in [0.05, 0.1) is 36.9 Å². The van der Waals surface area contributed by atoms with Crippen LogP contribution in [0.15, 0.2) is 47.4 Å². The van der Waals surface area contributed by atoms with E-state index in [2.05, 4.69) is 5.32 Å². The van der Waals surface area contributed by atoms with Crippen molar-refractivity contribution in [2.24, 2.45) is 0 Å². The van der Waals surface area contributed by atoms with Gasteiger partial charge in [0.15, 0.2) is 9.84 Å². The maximum atomic E-state index is 12.8. The Labute approximate surface area is 190 Å². The van der Waals surface area contributed by atoms with Gasteiger partial charge in [0.1, 0.15) is 17.2 Å². The fraction of sp³-hybridized carbons (Fsp3) is 0.261. The van der Waals surface area contributed by atoms with Crippen molar-refractivity contribution in [1.29, 1.82) is 0 Å². The first kappa shape index (κ1) is 22.2. The number of rotatable bonds is 7. The lowest BCUT2D eigenvalue weighted by atomic mass is 10.1. The monoisotopic (exact) mass is 473 g/mol. The summed E-state index contributed by atoms with van der Waals surface area (Å²) in [4.78, 5) is 14.3. The molecule has 3 aromatic rings. The van der Waals surface area contributed by atoms with Crippen LogP contribution < -0.4 is 19.5 Å². The lowest BCUT2D eigenvalue weighted by Crippen LogP contribution is -2.25. The number of methoxy groups -OCH3 is 3. The van der Waals surface area contributed by atoms with Crippen LogP contribution >= 0.6 is 11.3 Å². The maximum absolute atomic E-state index is 12.8. The van der Waals surface area contributed by atoms with Gasteiger partial charge in [-0.2, -0.15) is 0 Å². The third-order valence-corrected chi connectivity index (χ3v) is 8.24. The van der Waals surface area contributed by atoms with Gasteiger partial charge in [-0.25, -0.2) is 8.42 Å². The smallest absolute Gasteiger partial charge is 0.261 e. The van der Waals surface area contributed by atoms with Gasteiger partial charge < -0.3 is 19.5 Å². The van der Waals surface area contributed by atoms with Crippen molar-refractivity contribution in [3.05, 3.63) is 58.5 Å². The number of carbonyl (C=O) groups excluding carboxylic acids is 1. The minimum absolute atomic E-state index is 0.119. The highest BCUT2D eigenvalue weighted by atomic mass is 32.2. The zero-order valence-electron chi connectivity index (χ0n) is 17.9. The standard InChI is InChI=1S/C23H23NO6S2/c1-28-16-4-6-19(30-3)14(10-16)8-9-24-23(25)20-11-15-13-32(26,27)21-7-5-17(29-2)12-18(21)22(15)31-20/h4-7,10-12H,8-9,13H2,1-3H3,(H,24,25). The second kappa shape index (κ2) is 8.84. The van der Waals surface area contributed by atoms with Gasteiger partial charge in [0.2, 0.25) is 0 Å². The van der Waals surface area contributed by atoms with Gasteiger partial charge in [-0.05, 0) is 60.0 Å². The Morgan fingerprint density at radius 1 is 1.00 bits per heavy atom. The summed E-state index contributed by atoms with van der Waals surface area (Å²) in [6.45, 7) is 0.396. The van der Waals surface area contributed by atoms with Gasteiger partial charge in [-0.1, -0.05) is 0 Å². The summed E-state index contributed by atoms with van der Waals surface area (Å²) in [6.07, 6.45) is 0.561. The number of sulfone groups is 1. The normalized spacial score (nSPS) is 13.6. The molecule has 2 heterocycles. The molecule has 1 aliphatic rings. The van der Waals surface area contributed by atoms with E-state index in [0.717, 1.165) is 16.2 Å². The molecule has 0 aliphatic carbocycles. The van der Waals surface area contributed by atoms with Crippen LogP contribution in [0.1, 0.15) is 20.8 Å². The number of benzene rings is 2. The summed E-state index contributed by atoms with van der Waals surface area (Å²) < 4.78 is 41.3. The van der Waals surface area contributed by atoms with Gasteiger partial charge >= 0.3 is 0 Å². The lowest BCUT2D eigenvalue weighted by molar-refractivity contribution is 0.0958. The Balaban J connectivity index is 1.53. The van der Waals surface area contributed by atoms with Gasteiger partial charge in [-0.15, -0.1) is 11.3 Å². The minimum atomic E-state index is -3.47. The zero-order valence-corrected chi connectivity index (χ0v) is 19.6. The fourth-order valence-electron chi connectivity index (χ4n) is 3.72. The second-order valence-corrected chi connectivity index (χ2v) is 10.3. The first-order valence-electron chi connectivity index (χ1n) is 9.89. The summed E-state index contributed by atoms with van der Waals surface area (Å²) in [5.74, 6) is 1.65. The van der Waals surface area contributed by atoms with E-state index in [0.29, 0.717) is 40.5 Å². The fourth-order valence-corrected chi connectivity index (χ4v) is 6.57. The predicted molar refractivity (Wildman–Crippen MR) is 123 cm³/mol. The average molecular weight is 474 g/mol. The van der Waals surface area contributed by atoms with Crippen LogP contribution in [-0.4, -0.2) is 42.2 Å². The average Bonchev–Trinajstić information content (AvgIpc) is 3.22. The van der Waals surface area contributed by atoms with E-state index in [1.165, 1.54) is 18.4 Å². The van der Waals surface area contributed by atoms with Gasteiger partial charge in [0, 0.05) is 17.0 Å². The quantitative estimate of drug-likeness (QED) is 0.563. The molecule has 1 aliphatic heterocycles. The predicted octanol–water partition coefficient (Wildman–Crippen LogP) is 3.70. The molecule has 0 fully saturated rings. The van der Waals surface area contributed by atoms with Crippen molar-refractivity contribution >= 4 is 27.1 Å². The summed E-state index contributed by atoms with van der Waals surface area (Å²) in [7, 11) is 1.26. The molecule has 2 aromatic carbocycles. The Morgan fingerprint density at radius 2 is 1.72 bits per heavy atom. The molecule has 7 nitrogen and oxygen atoms in total. The molecule has 0 unspecified atom stereocenters. The molecule has 0 bridgehead atoms. The molecule has 168 valence electrons. The van der Waals surface area contributed by atoms with Crippen molar-refractivity contribution in [2.75, 3.05) is 27.9 Å². The van der Waals surface area contributed by atoms with Crippen molar-refractivity contribution in [2.45, 2.75) is 17.1 Å². The number of thiophene rings is 1. The zero-order chi connectivity index (χ0) is 22.9. The first-order chi connectivity index (χ1) is 15.4. The Kier molecular flexibility index (Phi) is 6.12. The molecule has 9 heteroatoms. The van der Waals surface area contributed by atoms with E-state index < -0.39 is 9.84 Å². The van der Waals surface area contributed by atoms with Crippen molar-refractivity contribution in [3.63, 3.8) is 0 Å². The van der Waals surface area contributed by atoms with E-state index in [-0.39, 0.29) is 16.6 Å². The van der Waals surface area contributed by atoms with Crippen LogP contribution in [0.3, 0.4) is 0 Å². The SMILES string of the molecule is COc1ccc(OC)c(CCNC(=O)c2cc3c(s2)-c2cc(OC)ccc2S(=O)(=O)C3)c1. The van der Waals surface area contributed by atoms with Crippen molar-refractivity contribution < 1.29 is 27.4 Å². The van der Waals surface area contributed by atoms with E-state index >= 15 is 0 Å². The van der Waals surface area contributed by atoms with Crippen LogP contribution in [0, 0.1) is 0 Å². The molecular formula is C23H23NO6S2. The molecule has 0 atom stereocenters. The Hall–Kier alpha value is -3.04. The van der Waals surface area contributed by atoms with Gasteiger partial charge in [-0.3, -0.25) is 4.79 Å². The van der Waals surface area contributed by atoms with Crippen molar-refractivity contribution in [1.82, 2.24) is 5.32 Å². The largest absolute Gasteiger partial charge is 0.497 e. The van der Waals surface area contributed by atoms with E-state index in [4.69, 9.17) is 14.2 Å². The number of amides is 1. The number of hydrogen-bond donors (Lipinski definition) is 1. The van der Waals surface area contributed by atoms with Crippen LogP contribution in [0.25, 0.3) is 10.4 Å². The molecule has 0 saturated heterocycles. The van der Waals surface area contributed by atoms with Crippen molar-refractivity contribution in [3.8, 4) is 27.7 Å². The highest BCUT2D eigenvalue weighted by Gasteiger charge is 2.31. The minimum Gasteiger partial charge on any atom is -0.497 e. The molecule has 32 heavy (non-hydrogen) atoms. The maximum Gasteiger partial charge on any atom is 0.261 e. The van der Waals surface area contributed by atoms with Crippen LogP contribution in [0.4, 0.5) is 0 Å². The molecule has 1 N–H and O–H groups in total. The molecule has 4 rings (SSSR count). The summed E-state index contributed by atoms with van der Waals surface area (Å²) in [6, 6.07) is 12.1. The number of hydrogen-bond acceptors (Lipinski definition) is 7. The van der Waals surface area contributed by atoms with Crippen LogP contribution in [0.5, 0.6) is 17.2 Å². The number of nitrogens with one attached hydrogen (secondary N) is 1. The summed E-state index contributed by atoms with van der Waals surface area (Å²) in [5, 5.41) is 2.91. The Morgan fingerprint density at radius 3 is 2.44 bits per heavy atom. The van der Waals surface area contributed by atoms with E-state index in [1.807, 2.05) is 18.2 Å². The topological polar surface area (TPSA) is 90.9 Å². The number of carbonyl (C=O) groups is 1. The van der Waals surface area contributed by atoms with Gasteiger partial charge in [0.25, 0.3) is 5.91 Å². The van der Waals surface area contributed by atoms with Crippen LogP contribution in [0.2, 0.25) is 0 Å². The van der Waals surface area contributed by atoms with E-state index in [1.54, 1.807) is 38.5 Å². The molecule has 0 saturated carbocycles. The number of ether oxygens (including phenoxy) is 3. The first-order valence-corrected chi connectivity index (χ1v) is 12.4. The highest BCUT2D eigenvalue weighted by molar-refractivity contribution is 7.91. The summed E-state index contributed by atoms with van der Waals surface area (Å²) in [5.41, 5.74) is 2.14. The molecule has 0 radical (unpaired) electrons.